The van der Waals surface area contributed by atoms with Crippen molar-refractivity contribution in [3.05, 3.63) is 53.6 Å². The first-order chi connectivity index (χ1) is 9.12. The van der Waals surface area contributed by atoms with Gasteiger partial charge >= 0.3 is 0 Å². The second-order valence-electron chi connectivity index (χ2n) is 4.24. The lowest BCUT2D eigenvalue weighted by molar-refractivity contribution is 0.456. The lowest BCUT2D eigenvalue weighted by Crippen LogP contribution is -2.31. The van der Waals surface area contributed by atoms with E-state index in [1.165, 1.54) is 6.07 Å². The molecular formula is C13H12N2O3S. The third-order valence-corrected chi connectivity index (χ3v) is 4.37. The van der Waals surface area contributed by atoms with E-state index >= 15 is 0 Å². The number of nitrogens with one attached hydrogen (secondary N) is 1. The van der Waals surface area contributed by atoms with E-state index in [2.05, 4.69) is 0 Å². The lowest BCUT2D eigenvalue weighted by atomic mass is 10.0. The van der Waals surface area contributed by atoms with Crippen molar-refractivity contribution in [2.24, 2.45) is 5.84 Å². The SMILES string of the molecule is NNS(=O)(=O)c1cccc2c1Cc1ccccc1O2. The Balaban J connectivity index is 2.17. The molecule has 0 saturated heterocycles. The van der Waals surface area contributed by atoms with Gasteiger partial charge in [-0.25, -0.2) is 8.42 Å². The Hall–Kier alpha value is -1.89. The van der Waals surface area contributed by atoms with Crippen molar-refractivity contribution < 1.29 is 13.2 Å². The average Bonchev–Trinajstić information content (AvgIpc) is 2.44. The second kappa shape index (κ2) is 4.34. The highest BCUT2D eigenvalue weighted by atomic mass is 32.2. The summed E-state index contributed by atoms with van der Waals surface area (Å²) in [6.45, 7) is 0. The van der Waals surface area contributed by atoms with Gasteiger partial charge in [-0.3, -0.25) is 5.84 Å². The van der Waals surface area contributed by atoms with E-state index in [0.29, 0.717) is 17.7 Å². The Labute approximate surface area is 111 Å². The van der Waals surface area contributed by atoms with Crippen LogP contribution in [0, 0.1) is 0 Å². The van der Waals surface area contributed by atoms with Crippen LogP contribution in [0.5, 0.6) is 11.5 Å². The van der Waals surface area contributed by atoms with E-state index < -0.39 is 10.0 Å². The van der Waals surface area contributed by atoms with Crippen molar-refractivity contribution in [2.75, 3.05) is 0 Å². The van der Waals surface area contributed by atoms with Gasteiger partial charge in [0, 0.05) is 12.0 Å². The highest BCUT2D eigenvalue weighted by molar-refractivity contribution is 7.89. The molecule has 1 heterocycles. The van der Waals surface area contributed by atoms with Crippen molar-refractivity contribution in [3.63, 3.8) is 0 Å². The Morgan fingerprint density at radius 2 is 1.79 bits per heavy atom. The van der Waals surface area contributed by atoms with Crippen LogP contribution in [0.4, 0.5) is 0 Å². The zero-order valence-electron chi connectivity index (χ0n) is 9.96. The van der Waals surface area contributed by atoms with E-state index in [0.717, 1.165) is 11.3 Å². The van der Waals surface area contributed by atoms with E-state index in [1.54, 1.807) is 12.1 Å². The number of benzene rings is 2. The lowest BCUT2D eigenvalue weighted by Gasteiger charge is -2.22. The number of para-hydroxylation sites is 1. The molecule has 3 rings (SSSR count). The van der Waals surface area contributed by atoms with Gasteiger partial charge in [0.1, 0.15) is 11.5 Å². The fourth-order valence-corrected chi connectivity index (χ4v) is 3.07. The van der Waals surface area contributed by atoms with Gasteiger partial charge < -0.3 is 4.74 Å². The molecule has 2 aromatic carbocycles. The maximum absolute atomic E-state index is 11.9. The minimum Gasteiger partial charge on any atom is -0.457 e. The third kappa shape index (κ3) is 1.99. The Bertz CT molecular complexity index is 741. The summed E-state index contributed by atoms with van der Waals surface area (Å²) in [6.07, 6.45) is 0.503. The van der Waals surface area contributed by atoms with Gasteiger partial charge in [0.25, 0.3) is 10.0 Å². The molecule has 0 atom stereocenters. The Morgan fingerprint density at radius 3 is 2.58 bits per heavy atom. The quantitative estimate of drug-likeness (QED) is 0.549. The van der Waals surface area contributed by atoms with Crippen molar-refractivity contribution in [2.45, 2.75) is 11.3 Å². The summed E-state index contributed by atoms with van der Waals surface area (Å²) >= 11 is 0. The van der Waals surface area contributed by atoms with Gasteiger partial charge in [-0.1, -0.05) is 24.3 Å². The number of hydrogen-bond donors (Lipinski definition) is 2. The molecule has 0 saturated carbocycles. The van der Waals surface area contributed by atoms with Crippen molar-refractivity contribution in [1.29, 1.82) is 0 Å². The number of fused-ring (bicyclic) bond motifs is 2. The largest absolute Gasteiger partial charge is 0.457 e. The van der Waals surface area contributed by atoms with Crippen LogP contribution < -0.4 is 15.4 Å². The molecule has 0 amide bonds. The fraction of sp³-hybridized carbons (Fsp3) is 0.0769. The zero-order chi connectivity index (χ0) is 13.5. The maximum atomic E-state index is 11.9. The molecule has 0 fully saturated rings. The molecule has 0 spiro atoms. The summed E-state index contributed by atoms with van der Waals surface area (Å²) in [5.41, 5.74) is 1.58. The van der Waals surface area contributed by atoms with E-state index in [1.807, 2.05) is 29.1 Å². The first kappa shape index (κ1) is 12.2. The van der Waals surface area contributed by atoms with E-state index in [4.69, 9.17) is 10.6 Å². The molecule has 19 heavy (non-hydrogen) atoms. The normalized spacial score (nSPS) is 13.3. The maximum Gasteiger partial charge on any atom is 0.253 e. The number of rotatable bonds is 2. The monoisotopic (exact) mass is 276 g/mol. The molecule has 0 radical (unpaired) electrons. The van der Waals surface area contributed by atoms with Crippen molar-refractivity contribution in [1.82, 2.24) is 4.83 Å². The topological polar surface area (TPSA) is 81.4 Å². The van der Waals surface area contributed by atoms with Crippen LogP contribution in [0.1, 0.15) is 11.1 Å². The molecule has 1 aliphatic heterocycles. The summed E-state index contributed by atoms with van der Waals surface area (Å²) in [4.78, 5) is 2.00. The molecule has 0 bridgehead atoms. The van der Waals surface area contributed by atoms with Crippen LogP contribution in [0.3, 0.4) is 0 Å². The minimum atomic E-state index is -3.69. The molecule has 1 aliphatic rings. The number of nitrogens with two attached hydrogens (primary N) is 1. The van der Waals surface area contributed by atoms with Crippen LogP contribution in [-0.4, -0.2) is 8.42 Å². The first-order valence-electron chi connectivity index (χ1n) is 5.72. The molecule has 3 N–H and O–H groups in total. The molecular weight excluding hydrogens is 264 g/mol. The number of sulfonamides is 1. The van der Waals surface area contributed by atoms with Gasteiger partial charge in [0.15, 0.2) is 0 Å². The second-order valence-corrected chi connectivity index (χ2v) is 5.92. The fourth-order valence-electron chi connectivity index (χ4n) is 2.19. The van der Waals surface area contributed by atoms with Gasteiger partial charge in [0.05, 0.1) is 4.90 Å². The highest BCUT2D eigenvalue weighted by Gasteiger charge is 2.24. The zero-order valence-corrected chi connectivity index (χ0v) is 10.8. The molecule has 6 heteroatoms. The van der Waals surface area contributed by atoms with Gasteiger partial charge in [-0.05, 0) is 23.8 Å². The predicted octanol–water partition coefficient (Wildman–Crippen LogP) is 1.54. The van der Waals surface area contributed by atoms with Crippen LogP contribution >= 0.6 is 0 Å². The Kier molecular flexibility index (Phi) is 2.78. The summed E-state index contributed by atoms with van der Waals surface area (Å²) in [6, 6.07) is 12.5. The van der Waals surface area contributed by atoms with Crippen LogP contribution in [-0.2, 0) is 16.4 Å². The van der Waals surface area contributed by atoms with Crippen molar-refractivity contribution >= 4 is 10.0 Å². The Morgan fingerprint density at radius 1 is 1.05 bits per heavy atom. The summed E-state index contributed by atoms with van der Waals surface area (Å²) in [5, 5.41) is 0. The smallest absolute Gasteiger partial charge is 0.253 e. The first-order valence-corrected chi connectivity index (χ1v) is 7.20. The highest BCUT2D eigenvalue weighted by Crippen LogP contribution is 2.38. The van der Waals surface area contributed by atoms with Gasteiger partial charge in [0.2, 0.25) is 0 Å². The summed E-state index contributed by atoms with van der Waals surface area (Å²) < 4.78 is 29.5. The summed E-state index contributed by atoms with van der Waals surface area (Å²) in [5.74, 6) is 6.39. The minimum absolute atomic E-state index is 0.155. The number of hydrogen-bond acceptors (Lipinski definition) is 4. The molecule has 0 aliphatic carbocycles. The number of hydrazine groups is 1. The standard InChI is InChI=1S/C13H12N2O3S/c14-15-19(16,17)13-7-3-6-12-10(13)8-9-4-1-2-5-11(9)18-12/h1-7,15H,8,14H2. The van der Waals surface area contributed by atoms with E-state index in [-0.39, 0.29) is 4.90 Å². The molecule has 98 valence electrons. The molecule has 0 aromatic heterocycles. The predicted molar refractivity (Wildman–Crippen MR) is 70.3 cm³/mol. The number of ether oxygens (including phenoxy) is 1. The van der Waals surface area contributed by atoms with Gasteiger partial charge in [-0.2, -0.15) is 4.83 Å². The van der Waals surface area contributed by atoms with Crippen molar-refractivity contribution in [3.8, 4) is 11.5 Å². The molecule has 2 aromatic rings. The third-order valence-electron chi connectivity index (χ3n) is 3.09. The van der Waals surface area contributed by atoms with Gasteiger partial charge in [-0.15, -0.1) is 0 Å². The average molecular weight is 276 g/mol. The van der Waals surface area contributed by atoms with Crippen LogP contribution in [0.25, 0.3) is 0 Å². The molecule has 5 nitrogen and oxygen atoms in total. The summed E-state index contributed by atoms with van der Waals surface area (Å²) in [7, 11) is -3.69. The molecule has 0 unspecified atom stereocenters. The van der Waals surface area contributed by atoms with Crippen LogP contribution in [0.2, 0.25) is 0 Å². The van der Waals surface area contributed by atoms with E-state index in [9.17, 15) is 8.42 Å². The van der Waals surface area contributed by atoms with Crippen LogP contribution in [0.15, 0.2) is 47.4 Å².